The van der Waals surface area contributed by atoms with Crippen LogP contribution in [0.15, 0.2) is 150 Å². The molecule has 4 nitrogen and oxygen atoms in total. The summed E-state index contributed by atoms with van der Waals surface area (Å²) in [7, 11) is 0. The molecule has 0 spiro atoms. The summed E-state index contributed by atoms with van der Waals surface area (Å²) < 4.78 is 180. The maximum atomic E-state index is 15.1. The predicted molar refractivity (Wildman–Crippen MR) is 296 cm³/mol. The van der Waals surface area contributed by atoms with Crippen molar-refractivity contribution in [3.05, 3.63) is 168 Å². The van der Waals surface area contributed by atoms with Crippen molar-refractivity contribution in [2.24, 2.45) is 0 Å². The van der Waals surface area contributed by atoms with Gasteiger partial charge in [0.2, 0.25) is 0 Å². The van der Waals surface area contributed by atoms with Gasteiger partial charge in [0.05, 0.1) is 23.5 Å². The summed E-state index contributed by atoms with van der Waals surface area (Å²) in [4.78, 5) is 3.40. The molecule has 2 aromatic heterocycles. The molecule has 0 saturated heterocycles. The molecule has 7 aromatic carbocycles. The van der Waals surface area contributed by atoms with E-state index in [1.807, 2.05) is 62.1 Å². The Bertz CT molecular complexity index is 4380. The second-order valence-corrected chi connectivity index (χ2v) is 23.6. The molecule has 9 aromatic rings. The van der Waals surface area contributed by atoms with Crippen molar-refractivity contribution in [2.45, 2.75) is 110 Å². The number of hydrogen-bond donors (Lipinski definition) is 0. The molecule has 0 unspecified atom stereocenters. The molecular formula is C63H58BF3N2O2S. The summed E-state index contributed by atoms with van der Waals surface area (Å²) in [6, 6.07) is 11.8. The SMILES string of the molecule is [2H]c1cc(-c2c(-c3c([2H])c([2H])c([2H])c([2H])c3[2H])oc3c([2H])c4c(c([2H])c23)B2c3sc5c([2H])c6c(c([2H])c5c3N(c3ccc(C(C)(C)C)cc3)c3cc(OC(F)(F)F)cc(c32)N4c2ccc(C(C)(C)C)cc2)C(C)(C)CCC6(C)C)c([2H])c([2H])c1[2H]. The molecule has 0 fully saturated rings. The fraction of sp³-hybridized carbons (Fsp3) is 0.270. The van der Waals surface area contributed by atoms with Crippen LogP contribution in [-0.4, -0.2) is 13.1 Å². The second kappa shape index (κ2) is 15.9. The first kappa shape index (κ1) is 33.9. The number of hydrogen-bond acceptors (Lipinski definition) is 5. The number of ether oxygens (including phenoxy) is 1. The highest BCUT2D eigenvalue weighted by atomic mass is 32.1. The van der Waals surface area contributed by atoms with Crippen molar-refractivity contribution in [1.29, 1.82) is 0 Å². The highest BCUT2D eigenvalue weighted by molar-refractivity contribution is 7.33. The average Bonchev–Trinajstić information content (AvgIpc) is 1.95. The van der Waals surface area contributed by atoms with Crippen molar-refractivity contribution < 1.29 is 40.1 Å². The van der Waals surface area contributed by atoms with Gasteiger partial charge in [0, 0.05) is 78.0 Å². The molecule has 0 amide bonds. The van der Waals surface area contributed by atoms with Crippen molar-refractivity contribution in [1.82, 2.24) is 0 Å². The number of nitrogens with zero attached hydrogens (tertiary/aromatic N) is 2. The van der Waals surface area contributed by atoms with Gasteiger partial charge in [0.1, 0.15) is 17.1 Å². The standard InChI is InChI=1S/C63H58BF3N2O2S/c1-59(2,3)39-21-25-41(26-22-39)68-49-36-52-44(54(37-17-13-11-14-18-37)57(70-52)38-19-15-12-16-20-38)34-48(49)64-55-50(68)31-43(71-63(65,66)67)32-51(55)69(42-27-23-40(24-28-42)60(4,5)6)56-45-33-46-47(35-53(45)72-58(56)64)62(9,10)30-29-61(46,7)8/h11-28,31-36H,29-30H2,1-10H3/i11D,12D,13D,14D,15D,16D,17D,19D,20D,33D,34D,35D,36D. The summed E-state index contributed by atoms with van der Waals surface area (Å²) in [5.74, 6) is -1.13. The van der Waals surface area contributed by atoms with E-state index in [1.54, 1.807) is 17.0 Å². The van der Waals surface area contributed by atoms with E-state index >= 15 is 13.2 Å². The van der Waals surface area contributed by atoms with Crippen LogP contribution in [0.1, 0.15) is 122 Å². The number of halogens is 3. The first-order chi connectivity index (χ1) is 39.5. The fourth-order valence-corrected chi connectivity index (χ4v) is 12.0. The van der Waals surface area contributed by atoms with Crippen LogP contribution in [0, 0.1) is 0 Å². The van der Waals surface area contributed by atoms with E-state index in [0.29, 0.717) is 54.9 Å². The van der Waals surface area contributed by atoms with E-state index in [0.717, 1.165) is 23.6 Å². The second-order valence-electron chi connectivity index (χ2n) is 22.5. The van der Waals surface area contributed by atoms with Gasteiger partial charge >= 0.3 is 6.36 Å². The van der Waals surface area contributed by atoms with Gasteiger partial charge in [0.25, 0.3) is 6.71 Å². The van der Waals surface area contributed by atoms with Crippen LogP contribution in [0.3, 0.4) is 0 Å². The van der Waals surface area contributed by atoms with Gasteiger partial charge in [-0.25, -0.2) is 0 Å². The molecule has 9 heteroatoms. The van der Waals surface area contributed by atoms with Crippen LogP contribution in [0.4, 0.5) is 47.3 Å². The van der Waals surface area contributed by atoms with Crippen LogP contribution < -0.4 is 30.2 Å². The van der Waals surface area contributed by atoms with E-state index in [2.05, 4.69) is 48.5 Å². The van der Waals surface area contributed by atoms with Gasteiger partial charge in [-0.05, 0) is 110 Å². The number of furan rings is 1. The number of anilines is 6. The summed E-state index contributed by atoms with van der Waals surface area (Å²) in [6.45, 7) is 19.2. The predicted octanol–water partition coefficient (Wildman–Crippen LogP) is 16.9. The Kier molecular flexibility index (Phi) is 7.47. The largest absolute Gasteiger partial charge is 0.573 e. The number of benzene rings is 7. The van der Waals surface area contributed by atoms with Gasteiger partial charge in [-0.1, -0.05) is 160 Å². The molecule has 1 aliphatic carbocycles. The third kappa shape index (κ3) is 7.47. The van der Waals surface area contributed by atoms with Crippen LogP contribution in [0.5, 0.6) is 5.75 Å². The zero-order chi connectivity index (χ0) is 61.8. The quantitative estimate of drug-likeness (QED) is 0.161. The molecule has 72 heavy (non-hydrogen) atoms. The zero-order valence-corrected chi connectivity index (χ0v) is 42.4. The van der Waals surface area contributed by atoms with Gasteiger partial charge in [-0.2, -0.15) is 0 Å². The van der Waals surface area contributed by atoms with Gasteiger partial charge in [0.15, 0.2) is 0 Å². The van der Waals surface area contributed by atoms with Crippen LogP contribution in [-0.2, 0) is 21.7 Å². The minimum Gasteiger partial charge on any atom is -0.455 e. The Morgan fingerprint density at radius 3 is 1.79 bits per heavy atom. The minimum absolute atomic E-state index is 0.0540. The lowest BCUT2D eigenvalue weighted by Crippen LogP contribution is -2.60. The van der Waals surface area contributed by atoms with Gasteiger partial charge in [-0.15, -0.1) is 24.5 Å². The highest BCUT2D eigenvalue weighted by Gasteiger charge is 2.48. The van der Waals surface area contributed by atoms with Crippen LogP contribution >= 0.6 is 11.3 Å². The maximum Gasteiger partial charge on any atom is 0.573 e. The van der Waals surface area contributed by atoms with Crippen LogP contribution in [0.2, 0.25) is 0 Å². The van der Waals surface area contributed by atoms with E-state index < -0.39 is 107 Å². The first-order valence-electron chi connectivity index (χ1n) is 30.6. The molecule has 0 radical (unpaired) electrons. The lowest BCUT2D eigenvalue weighted by atomic mass is 9.36. The van der Waals surface area contributed by atoms with E-state index in [4.69, 9.17) is 17.4 Å². The van der Waals surface area contributed by atoms with Crippen molar-refractivity contribution >= 4 is 88.9 Å². The minimum atomic E-state index is -5.22. The summed E-state index contributed by atoms with van der Waals surface area (Å²) in [5.41, 5.74) is 1.77. The van der Waals surface area contributed by atoms with Crippen LogP contribution in [0.25, 0.3) is 43.5 Å². The Morgan fingerprint density at radius 2 is 1.19 bits per heavy atom. The van der Waals surface area contributed by atoms with Crippen molar-refractivity contribution in [3.63, 3.8) is 0 Å². The molecular weight excluding hydrogens is 917 g/mol. The zero-order valence-electron chi connectivity index (χ0n) is 54.6. The third-order valence-corrected chi connectivity index (χ3v) is 15.8. The Hall–Kier alpha value is -6.71. The maximum absolute atomic E-state index is 15.1. The molecule has 12 rings (SSSR count). The number of alkyl halides is 3. The smallest absolute Gasteiger partial charge is 0.455 e. The Labute approximate surface area is 443 Å². The molecule has 0 bridgehead atoms. The number of fused-ring (bicyclic) bond motifs is 8. The normalized spacial score (nSPS) is 18.4. The van der Waals surface area contributed by atoms with Gasteiger partial charge < -0.3 is 19.0 Å². The Morgan fingerprint density at radius 1 is 0.639 bits per heavy atom. The molecule has 4 heterocycles. The molecule has 0 saturated carbocycles. The van der Waals surface area contributed by atoms with E-state index in [-0.39, 0.29) is 68.0 Å². The molecule has 0 N–H and O–H groups in total. The van der Waals surface area contributed by atoms with Crippen molar-refractivity contribution in [3.8, 4) is 28.2 Å². The third-order valence-electron chi connectivity index (χ3n) is 14.7. The molecule has 362 valence electrons. The average molecular weight is 988 g/mol. The molecule has 2 aliphatic heterocycles. The summed E-state index contributed by atoms with van der Waals surface area (Å²) in [6.07, 6.45) is -3.81. The molecule has 0 atom stereocenters. The highest BCUT2D eigenvalue weighted by Crippen LogP contribution is 2.54. The first-order valence-corrected chi connectivity index (χ1v) is 24.9. The topological polar surface area (TPSA) is 28.9 Å². The lowest BCUT2D eigenvalue weighted by molar-refractivity contribution is -0.274. The van der Waals surface area contributed by atoms with E-state index in [9.17, 15) is 9.60 Å². The van der Waals surface area contributed by atoms with E-state index in [1.165, 1.54) is 23.5 Å². The monoisotopic (exact) mass is 988 g/mol. The number of rotatable bonds is 5. The number of thiophene rings is 1. The summed E-state index contributed by atoms with van der Waals surface area (Å²) >= 11 is 1.22. The molecule has 3 aliphatic rings. The van der Waals surface area contributed by atoms with Crippen molar-refractivity contribution in [2.75, 3.05) is 9.80 Å². The fourth-order valence-electron chi connectivity index (χ4n) is 10.8. The Balaban J connectivity index is 1.33. The summed E-state index contributed by atoms with van der Waals surface area (Å²) in [5, 5.41) is 0.141. The lowest BCUT2D eigenvalue weighted by Gasteiger charge is -2.43. The van der Waals surface area contributed by atoms with Gasteiger partial charge in [-0.3, -0.25) is 0 Å².